The fraction of sp³-hybridized carbons (Fsp3) is 0.389. The first-order chi connectivity index (χ1) is 12.9. The van der Waals surface area contributed by atoms with E-state index in [4.69, 9.17) is 0 Å². The molecule has 0 unspecified atom stereocenters. The molecular weight excluding hydrogens is 370 g/mol. The number of rotatable bonds is 5. The number of hydrogen-bond donors (Lipinski definition) is 2. The van der Waals surface area contributed by atoms with Crippen LogP contribution in [0.15, 0.2) is 40.8 Å². The normalized spacial score (nSPS) is 17.9. The Bertz CT molecular complexity index is 907. The summed E-state index contributed by atoms with van der Waals surface area (Å²) >= 11 is 0. The average Bonchev–Trinajstić information content (AvgIpc) is 2.84. The van der Waals surface area contributed by atoms with Crippen molar-refractivity contribution < 1.29 is 22.8 Å². The molecular formula is C18H21N3O5S. The summed E-state index contributed by atoms with van der Waals surface area (Å²) in [6.07, 6.45) is 7.31. The number of hydrogen-bond acceptors (Lipinski definition) is 5. The van der Waals surface area contributed by atoms with Gasteiger partial charge in [-0.25, -0.2) is 17.5 Å². The van der Waals surface area contributed by atoms with Gasteiger partial charge in [0.05, 0.1) is 5.56 Å². The lowest BCUT2D eigenvalue weighted by molar-refractivity contribution is -0.119. The molecule has 0 radical (unpaired) electrons. The molecule has 0 bridgehead atoms. The molecule has 1 aliphatic heterocycles. The molecule has 0 saturated heterocycles. The standard InChI is InChI=1S/C18H21N3O5S/c22-16(20-18(24)19-11-10-13-6-2-1-3-7-13)12-21-17(23)14-8-4-5-9-15(14)27(21,25)26/h4-6,8-9H,1-3,7,10-12H2,(H2,19,20,22,24). The second kappa shape index (κ2) is 7.91. The molecule has 4 amide bonds. The third-order valence-corrected chi connectivity index (χ3v) is 6.36. The van der Waals surface area contributed by atoms with Crippen LogP contribution < -0.4 is 10.6 Å². The molecule has 1 aromatic rings. The van der Waals surface area contributed by atoms with Crippen LogP contribution in [0.4, 0.5) is 4.79 Å². The SMILES string of the molecule is O=C(CN1C(=O)c2ccccc2S1(=O)=O)NC(=O)NCCC1=CCCCC1. The second-order valence-corrected chi connectivity index (χ2v) is 8.31. The highest BCUT2D eigenvalue weighted by atomic mass is 32.2. The van der Waals surface area contributed by atoms with Crippen LogP contribution in [0.2, 0.25) is 0 Å². The zero-order valence-electron chi connectivity index (χ0n) is 14.7. The van der Waals surface area contributed by atoms with Gasteiger partial charge in [-0.3, -0.25) is 14.9 Å². The Morgan fingerprint density at radius 3 is 2.63 bits per heavy atom. The van der Waals surface area contributed by atoms with Crippen LogP contribution in [-0.2, 0) is 14.8 Å². The third-order valence-electron chi connectivity index (χ3n) is 4.57. The number of carbonyl (C=O) groups is 3. The first-order valence-electron chi connectivity index (χ1n) is 8.81. The van der Waals surface area contributed by atoms with Crippen LogP contribution in [0.25, 0.3) is 0 Å². The molecule has 144 valence electrons. The first kappa shape index (κ1) is 19.1. The zero-order chi connectivity index (χ0) is 19.4. The molecule has 2 N–H and O–H groups in total. The zero-order valence-corrected chi connectivity index (χ0v) is 15.5. The highest BCUT2D eigenvalue weighted by molar-refractivity contribution is 7.90. The molecule has 0 saturated carbocycles. The van der Waals surface area contributed by atoms with Crippen LogP contribution >= 0.6 is 0 Å². The van der Waals surface area contributed by atoms with Gasteiger partial charge in [0, 0.05) is 6.54 Å². The number of carbonyl (C=O) groups excluding carboxylic acids is 3. The molecule has 0 fully saturated rings. The van der Waals surface area contributed by atoms with Gasteiger partial charge in [-0.2, -0.15) is 0 Å². The summed E-state index contributed by atoms with van der Waals surface area (Å²) in [5, 5.41) is 4.63. The fourth-order valence-corrected chi connectivity index (χ4v) is 4.72. The molecule has 0 spiro atoms. The van der Waals surface area contributed by atoms with Gasteiger partial charge < -0.3 is 5.32 Å². The smallest absolute Gasteiger partial charge is 0.321 e. The molecule has 1 heterocycles. The van der Waals surface area contributed by atoms with Gasteiger partial charge in [0.15, 0.2) is 0 Å². The van der Waals surface area contributed by atoms with Crippen LogP contribution in [0.5, 0.6) is 0 Å². The van der Waals surface area contributed by atoms with Crippen LogP contribution in [0.1, 0.15) is 42.5 Å². The summed E-state index contributed by atoms with van der Waals surface area (Å²) < 4.78 is 25.2. The van der Waals surface area contributed by atoms with E-state index in [1.807, 2.05) is 0 Å². The summed E-state index contributed by atoms with van der Waals surface area (Å²) in [5.74, 6) is -1.64. The van der Waals surface area contributed by atoms with Crippen molar-refractivity contribution in [2.45, 2.75) is 37.0 Å². The van der Waals surface area contributed by atoms with E-state index in [0.29, 0.717) is 10.8 Å². The molecule has 1 aliphatic carbocycles. The minimum absolute atomic E-state index is 0.0236. The lowest BCUT2D eigenvalue weighted by Crippen LogP contribution is -2.46. The van der Waals surface area contributed by atoms with E-state index in [1.54, 1.807) is 6.07 Å². The van der Waals surface area contributed by atoms with Crippen molar-refractivity contribution in [1.29, 1.82) is 0 Å². The largest absolute Gasteiger partial charge is 0.337 e. The molecule has 9 heteroatoms. The monoisotopic (exact) mass is 391 g/mol. The van der Waals surface area contributed by atoms with Crippen molar-refractivity contribution in [3.63, 3.8) is 0 Å². The number of benzene rings is 1. The molecule has 3 rings (SSSR count). The Morgan fingerprint density at radius 2 is 1.93 bits per heavy atom. The predicted octanol–water partition coefficient (Wildman–Crippen LogP) is 1.55. The van der Waals surface area contributed by atoms with Gasteiger partial charge in [0.1, 0.15) is 11.4 Å². The number of urea groups is 1. The number of amides is 4. The van der Waals surface area contributed by atoms with Crippen LogP contribution in [-0.4, -0.2) is 43.7 Å². The van der Waals surface area contributed by atoms with E-state index in [2.05, 4.69) is 16.7 Å². The highest BCUT2D eigenvalue weighted by Crippen LogP contribution is 2.29. The van der Waals surface area contributed by atoms with Gasteiger partial charge in [-0.1, -0.05) is 23.8 Å². The molecule has 8 nitrogen and oxygen atoms in total. The third kappa shape index (κ3) is 4.19. The van der Waals surface area contributed by atoms with Gasteiger partial charge in [-0.05, 0) is 44.2 Å². The Morgan fingerprint density at radius 1 is 1.15 bits per heavy atom. The number of nitrogens with zero attached hydrogens (tertiary/aromatic N) is 1. The number of fused-ring (bicyclic) bond motifs is 1. The molecule has 2 aliphatic rings. The lowest BCUT2D eigenvalue weighted by Gasteiger charge is -2.15. The summed E-state index contributed by atoms with van der Waals surface area (Å²) in [7, 11) is -4.07. The highest BCUT2D eigenvalue weighted by Gasteiger charge is 2.41. The number of allylic oxidation sites excluding steroid dienone is 1. The van der Waals surface area contributed by atoms with E-state index in [1.165, 1.54) is 30.2 Å². The Kier molecular flexibility index (Phi) is 5.59. The quantitative estimate of drug-likeness (QED) is 0.740. The van der Waals surface area contributed by atoms with Crippen molar-refractivity contribution in [1.82, 2.24) is 14.9 Å². The molecule has 0 atom stereocenters. The molecule has 0 aromatic heterocycles. The average molecular weight is 391 g/mol. The van der Waals surface area contributed by atoms with E-state index in [9.17, 15) is 22.8 Å². The summed E-state index contributed by atoms with van der Waals surface area (Å²) in [5.41, 5.74) is 1.31. The lowest BCUT2D eigenvalue weighted by atomic mass is 9.97. The van der Waals surface area contributed by atoms with Crippen molar-refractivity contribution in [3.8, 4) is 0 Å². The van der Waals surface area contributed by atoms with Crippen molar-refractivity contribution in [3.05, 3.63) is 41.5 Å². The summed E-state index contributed by atoms with van der Waals surface area (Å²) in [6.45, 7) is -0.355. The summed E-state index contributed by atoms with van der Waals surface area (Å²) in [6, 6.07) is 5.04. The fourth-order valence-electron chi connectivity index (χ4n) is 3.20. The maximum Gasteiger partial charge on any atom is 0.321 e. The van der Waals surface area contributed by atoms with E-state index in [0.717, 1.165) is 25.7 Å². The Hall–Kier alpha value is -2.68. The van der Waals surface area contributed by atoms with E-state index >= 15 is 0 Å². The minimum Gasteiger partial charge on any atom is -0.337 e. The van der Waals surface area contributed by atoms with Crippen LogP contribution in [0.3, 0.4) is 0 Å². The summed E-state index contributed by atoms with van der Waals surface area (Å²) in [4.78, 5) is 35.9. The van der Waals surface area contributed by atoms with Crippen molar-refractivity contribution in [2.75, 3.05) is 13.1 Å². The van der Waals surface area contributed by atoms with Crippen molar-refractivity contribution >= 4 is 27.9 Å². The Balaban J connectivity index is 1.51. The topological polar surface area (TPSA) is 113 Å². The molecule has 27 heavy (non-hydrogen) atoms. The maximum absolute atomic E-state index is 12.4. The number of nitrogens with one attached hydrogen (secondary N) is 2. The van der Waals surface area contributed by atoms with Crippen molar-refractivity contribution in [2.24, 2.45) is 0 Å². The number of imide groups is 1. The maximum atomic E-state index is 12.4. The van der Waals surface area contributed by atoms with Gasteiger partial charge in [-0.15, -0.1) is 0 Å². The van der Waals surface area contributed by atoms with E-state index < -0.39 is 34.4 Å². The predicted molar refractivity (Wildman–Crippen MR) is 97.4 cm³/mol. The molecule has 1 aromatic carbocycles. The first-order valence-corrected chi connectivity index (χ1v) is 10.3. The van der Waals surface area contributed by atoms with Gasteiger partial charge in [0.2, 0.25) is 5.91 Å². The van der Waals surface area contributed by atoms with Crippen LogP contribution in [0, 0.1) is 0 Å². The minimum atomic E-state index is -4.07. The second-order valence-electron chi connectivity index (χ2n) is 6.48. The van der Waals surface area contributed by atoms with E-state index in [-0.39, 0.29) is 10.5 Å². The Labute approximate surface area is 157 Å². The van der Waals surface area contributed by atoms with Gasteiger partial charge >= 0.3 is 6.03 Å². The number of sulfonamides is 1. The van der Waals surface area contributed by atoms with Gasteiger partial charge in [0.25, 0.3) is 15.9 Å².